The topological polar surface area (TPSA) is 79.1 Å². The summed E-state index contributed by atoms with van der Waals surface area (Å²) in [6.45, 7) is 3.41. The molecule has 1 N–H and O–H groups in total. The van der Waals surface area contributed by atoms with Gasteiger partial charge in [0.25, 0.3) is 5.69 Å². The van der Waals surface area contributed by atoms with Crippen LogP contribution in [0.1, 0.15) is 0 Å². The van der Waals surface area contributed by atoms with Gasteiger partial charge >= 0.3 is 0 Å². The van der Waals surface area contributed by atoms with E-state index in [1.807, 2.05) is 0 Å². The van der Waals surface area contributed by atoms with E-state index in [1.54, 1.807) is 7.05 Å². The van der Waals surface area contributed by atoms with Crippen LogP contribution in [0.5, 0.6) is 0 Å². The summed E-state index contributed by atoms with van der Waals surface area (Å²) in [6, 6.07) is 3.30. The lowest BCUT2D eigenvalue weighted by Gasteiger charge is -2.30. The Morgan fingerprint density at radius 1 is 1.50 bits per heavy atom. The lowest BCUT2D eigenvalue weighted by Crippen LogP contribution is -2.44. The van der Waals surface area contributed by atoms with Crippen molar-refractivity contribution in [3.63, 3.8) is 0 Å². The lowest BCUT2D eigenvalue weighted by atomic mass is 10.2. The largest absolute Gasteiger partial charge is 0.390 e. The van der Waals surface area contributed by atoms with Gasteiger partial charge in [0.2, 0.25) is 0 Å². The van der Waals surface area contributed by atoms with E-state index in [1.165, 1.54) is 4.90 Å². The third-order valence-electron chi connectivity index (χ3n) is 3.60. The van der Waals surface area contributed by atoms with Crippen LogP contribution in [0, 0.1) is 15.9 Å². The van der Waals surface area contributed by atoms with E-state index in [-0.39, 0.29) is 17.9 Å². The van der Waals surface area contributed by atoms with Crippen molar-refractivity contribution in [3.05, 3.63) is 34.1 Å². The molecule has 0 radical (unpaired) electrons. The smallest absolute Gasteiger partial charge is 0.292 e. The highest BCUT2D eigenvalue weighted by molar-refractivity contribution is 5.62. The molecule has 7 nitrogen and oxygen atoms in total. The number of nitrogens with zero attached hydrogens (tertiary/aromatic N) is 3. The minimum atomic E-state index is -0.689. The fourth-order valence-electron chi connectivity index (χ4n) is 2.51. The molecule has 22 heavy (non-hydrogen) atoms. The molecule has 0 bridgehead atoms. The van der Waals surface area contributed by atoms with Gasteiger partial charge in [-0.2, -0.15) is 0 Å². The first-order valence-corrected chi connectivity index (χ1v) is 7.10. The molecule has 0 saturated carbocycles. The molecule has 1 atom stereocenters. The number of rotatable bonds is 6. The summed E-state index contributed by atoms with van der Waals surface area (Å²) < 4.78 is 18.6. The van der Waals surface area contributed by atoms with Gasteiger partial charge in [0.05, 0.1) is 24.2 Å². The van der Waals surface area contributed by atoms with Gasteiger partial charge in [-0.25, -0.2) is 4.39 Å². The number of benzene rings is 1. The maximum absolute atomic E-state index is 13.3. The predicted molar refractivity (Wildman–Crippen MR) is 79.6 cm³/mol. The molecular formula is C14H20FN3O4. The average molecular weight is 313 g/mol. The first-order chi connectivity index (χ1) is 10.5. The number of likely N-dealkylation sites (N-methyl/N-ethyl adjacent to an activating group) is 1. The van der Waals surface area contributed by atoms with E-state index in [0.717, 1.165) is 31.3 Å². The standard InChI is InChI=1S/C14H20FN3O4/c1-16(9-12(19)10-17-4-6-22-7-5-17)14-8-11(15)2-3-13(14)18(20)21/h2-3,8,12,19H,4-7,9-10H2,1H3/t12-/m0/s1. The van der Waals surface area contributed by atoms with Crippen LogP contribution in [-0.2, 0) is 4.74 Å². The van der Waals surface area contributed by atoms with Crippen LogP contribution in [0.15, 0.2) is 18.2 Å². The van der Waals surface area contributed by atoms with Crippen molar-refractivity contribution >= 4 is 11.4 Å². The SMILES string of the molecule is CN(C[C@H](O)CN1CCOCC1)c1cc(F)ccc1[N+](=O)[O-]. The molecule has 0 amide bonds. The van der Waals surface area contributed by atoms with E-state index in [2.05, 4.69) is 4.90 Å². The maximum atomic E-state index is 13.3. The molecular weight excluding hydrogens is 293 g/mol. The number of aliphatic hydroxyl groups is 1. The first-order valence-electron chi connectivity index (χ1n) is 7.10. The minimum Gasteiger partial charge on any atom is -0.390 e. The van der Waals surface area contributed by atoms with Gasteiger partial charge in [-0.3, -0.25) is 15.0 Å². The number of nitro benzene ring substituents is 1. The summed E-state index contributed by atoms with van der Waals surface area (Å²) in [7, 11) is 1.60. The Hall–Kier alpha value is -1.77. The Morgan fingerprint density at radius 3 is 2.82 bits per heavy atom. The number of ether oxygens (including phenoxy) is 1. The Kier molecular flexibility index (Phi) is 5.64. The van der Waals surface area contributed by atoms with Crippen LogP contribution < -0.4 is 4.90 Å². The summed E-state index contributed by atoms with van der Waals surface area (Å²) in [4.78, 5) is 14.0. The fraction of sp³-hybridized carbons (Fsp3) is 0.571. The van der Waals surface area contributed by atoms with Crippen molar-refractivity contribution in [2.45, 2.75) is 6.10 Å². The van der Waals surface area contributed by atoms with E-state index in [0.29, 0.717) is 19.8 Å². The highest BCUT2D eigenvalue weighted by Crippen LogP contribution is 2.28. The maximum Gasteiger partial charge on any atom is 0.292 e. The number of nitro groups is 1. The second-order valence-electron chi connectivity index (χ2n) is 5.34. The zero-order valence-corrected chi connectivity index (χ0v) is 12.4. The first kappa shape index (κ1) is 16.6. The average Bonchev–Trinajstić information content (AvgIpc) is 2.47. The van der Waals surface area contributed by atoms with E-state index in [9.17, 15) is 19.6 Å². The highest BCUT2D eigenvalue weighted by Gasteiger charge is 2.21. The molecule has 1 heterocycles. The number of halogens is 1. The molecule has 1 aromatic rings. The van der Waals surface area contributed by atoms with E-state index in [4.69, 9.17) is 4.74 Å². The van der Waals surface area contributed by atoms with Crippen molar-refractivity contribution in [3.8, 4) is 0 Å². The second kappa shape index (κ2) is 7.48. The monoisotopic (exact) mass is 313 g/mol. The summed E-state index contributed by atoms with van der Waals surface area (Å²) >= 11 is 0. The molecule has 0 aliphatic carbocycles. The molecule has 8 heteroatoms. The van der Waals surface area contributed by atoms with Gasteiger partial charge in [-0.05, 0) is 6.07 Å². The van der Waals surface area contributed by atoms with Gasteiger partial charge in [0, 0.05) is 45.4 Å². The molecule has 1 saturated heterocycles. The number of anilines is 1. The molecule has 1 aromatic carbocycles. The molecule has 2 rings (SSSR count). The van der Waals surface area contributed by atoms with Gasteiger partial charge in [-0.15, -0.1) is 0 Å². The fourth-order valence-corrected chi connectivity index (χ4v) is 2.51. The van der Waals surface area contributed by atoms with Crippen molar-refractivity contribution < 1.29 is 19.2 Å². The Balaban J connectivity index is 2.00. The highest BCUT2D eigenvalue weighted by atomic mass is 19.1. The van der Waals surface area contributed by atoms with Gasteiger partial charge in [0.15, 0.2) is 0 Å². The molecule has 0 spiro atoms. The number of aliphatic hydroxyl groups excluding tert-OH is 1. The molecule has 0 aromatic heterocycles. The zero-order chi connectivity index (χ0) is 16.1. The predicted octanol–water partition coefficient (Wildman–Crippen LogP) is 0.863. The lowest BCUT2D eigenvalue weighted by molar-refractivity contribution is -0.384. The van der Waals surface area contributed by atoms with Crippen LogP contribution in [-0.4, -0.2) is 67.5 Å². The third-order valence-corrected chi connectivity index (χ3v) is 3.60. The van der Waals surface area contributed by atoms with Crippen LogP contribution in [0.3, 0.4) is 0 Å². The third kappa shape index (κ3) is 4.36. The van der Waals surface area contributed by atoms with Crippen LogP contribution >= 0.6 is 0 Å². The second-order valence-corrected chi connectivity index (χ2v) is 5.34. The van der Waals surface area contributed by atoms with Crippen molar-refractivity contribution in [1.82, 2.24) is 4.90 Å². The number of morpholine rings is 1. The Morgan fingerprint density at radius 2 is 2.18 bits per heavy atom. The number of hydrogen-bond donors (Lipinski definition) is 1. The number of β-amino-alcohol motifs (C(OH)–C–C–N with tert-alkyl or cyclic N) is 1. The zero-order valence-electron chi connectivity index (χ0n) is 12.4. The van der Waals surface area contributed by atoms with Gasteiger partial charge < -0.3 is 14.7 Å². The van der Waals surface area contributed by atoms with Crippen molar-refractivity contribution in [2.24, 2.45) is 0 Å². The Labute approximate surface area is 128 Å². The van der Waals surface area contributed by atoms with Crippen molar-refractivity contribution in [1.29, 1.82) is 0 Å². The van der Waals surface area contributed by atoms with Crippen molar-refractivity contribution in [2.75, 3.05) is 51.3 Å². The van der Waals surface area contributed by atoms with Gasteiger partial charge in [-0.1, -0.05) is 0 Å². The van der Waals surface area contributed by atoms with E-state index < -0.39 is 16.8 Å². The quantitative estimate of drug-likeness (QED) is 0.620. The van der Waals surface area contributed by atoms with Crippen LogP contribution in [0.2, 0.25) is 0 Å². The van der Waals surface area contributed by atoms with Crippen LogP contribution in [0.25, 0.3) is 0 Å². The molecule has 1 aliphatic rings. The minimum absolute atomic E-state index is 0.158. The Bertz CT molecular complexity index is 523. The number of hydrogen-bond acceptors (Lipinski definition) is 6. The molecule has 1 aliphatic heterocycles. The summed E-state index contributed by atoms with van der Waals surface area (Å²) in [5, 5.41) is 21.2. The molecule has 122 valence electrons. The van der Waals surface area contributed by atoms with Crippen LogP contribution in [0.4, 0.5) is 15.8 Å². The van der Waals surface area contributed by atoms with Gasteiger partial charge in [0.1, 0.15) is 11.5 Å². The summed E-state index contributed by atoms with van der Waals surface area (Å²) in [5.41, 5.74) is -0.0199. The molecule has 0 unspecified atom stereocenters. The summed E-state index contributed by atoms with van der Waals surface area (Å²) in [5.74, 6) is -0.546. The van der Waals surface area contributed by atoms with E-state index >= 15 is 0 Å². The normalized spacial score (nSPS) is 17.2. The summed E-state index contributed by atoms with van der Waals surface area (Å²) in [6.07, 6.45) is -0.689. The molecule has 1 fully saturated rings.